The minimum atomic E-state index is -0.226. The Labute approximate surface area is 141 Å². The van der Waals surface area contributed by atoms with Crippen LogP contribution in [0.25, 0.3) is 0 Å². The number of piperidine rings is 1. The summed E-state index contributed by atoms with van der Waals surface area (Å²) >= 11 is 0. The largest absolute Gasteiger partial charge is 0.449 e. The molecule has 2 fully saturated rings. The van der Waals surface area contributed by atoms with Crippen LogP contribution in [0.4, 0.5) is 4.79 Å². The standard InChI is InChI=1S/C17H25N3O4/c1-12-8-14(24-18-12)9-15(21)19-6-4-13(5-7-19)20-10-17(2,3)11-23-16(20)22/h8,13H,4-7,9-11H2,1-3H3. The molecule has 2 aliphatic heterocycles. The first-order chi connectivity index (χ1) is 11.3. The first-order valence-corrected chi connectivity index (χ1v) is 8.47. The Morgan fingerprint density at radius 2 is 2.08 bits per heavy atom. The average molecular weight is 335 g/mol. The van der Waals surface area contributed by atoms with Gasteiger partial charge in [-0.2, -0.15) is 0 Å². The molecule has 0 radical (unpaired) electrons. The monoisotopic (exact) mass is 335 g/mol. The number of nitrogens with zero attached hydrogens (tertiary/aromatic N) is 3. The zero-order valence-electron chi connectivity index (χ0n) is 14.6. The third-order valence-corrected chi connectivity index (χ3v) is 4.68. The highest BCUT2D eigenvalue weighted by molar-refractivity contribution is 5.78. The number of rotatable bonds is 3. The van der Waals surface area contributed by atoms with Crippen molar-refractivity contribution in [2.75, 3.05) is 26.2 Å². The second-order valence-electron chi connectivity index (χ2n) is 7.57. The number of carbonyl (C=O) groups is 2. The summed E-state index contributed by atoms with van der Waals surface area (Å²) in [6, 6.07) is 1.94. The smallest absolute Gasteiger partial charge is 0.410 e. The predicted molar refractivity (Wildman–Crippen MR) is 86.4 cm³/mol. The molecule has 2 saturated heterocycles. The van der Waals surface area contributed by atoms with E-state index in [1.165, 1.54) is 0 Å². The van der Waals surface area contributed by atoms with E-state index < -0.39 is 0 Å². The number of likely N-dealkylation sites (tertiary alicyclic amines) is 1. The van der Waals surface area contributed by atoms with Gasteiger partial charge in [-0.25, -0.2) is 4.79 Å². The molecule has 3 heterocycles. The molecule has 2 aliphatic rings. The molecule has 3 rings (SSSR count). The molecule has 0 spiro atoms. The number of cyclic esters (lactones) is 1. The van der Waals surface area contributed by atoms with Crippen molar-refractivity contribution in [3.8, 4) is 0 Å². The van der Waals surface area contributed by atoms with Gasteiger partial charge in [0.15, 0.2) is 0 Å². The van der Waals surface area contributed by atoms with Crippen LogP contribution in [0.5, 0.6) is 0 Å². The van der Waals surface area contributed by atoms with Crippen molar-refractivity contribution in [1.29, 1.82) is 0 Å². The van der Waals surface area contributed by atoms with Crippen molar-refractivity contribution in [1.82, 2.24) is 15.0 Å². The van der Waals surface area contributed by atoms with Crippen LogP contribution in [0.2, 0.25) is 0 Å². The number of aromatic nitrogens is 1. The minimum absolute atomic E-state index is 0.0228. The second kappa shape index (κ2) is 6.45. The Kier molecular flexibility index (Phi) is 4.51. The maximum Gasteiger partial charge on any atom is 0.410 e. The summed E-state index contributed by atoms with van der Waals surface area (Å²) in [5.74, 6) is 0.645. The van der Waals surface area contributed by atoms with Crippen LogP contribution in [-0.2, 0) is 16.0 Å². The summed E-state index contributed by atoms with van der Waals surface area (Å²) in [5, 5.41) is 3.81. The zero-order chi connectivity index (χ0) is 17.3. The molecule has 132 valence electrons. The highest BCUT2D eigenvalue weighted by Gasteiger charge is 2.38. The summed E-state index contributed by atoms with van der Waals surface area (Å²) < 4.78 is 10.4. The highest BCUT2D eigenvalue weighted by atomic mass is 16.6. The molecule has 7 nitrogen and oxygen atoms in total. The molecule has 0 saturated carbocycles. The van der Waals surface area contributed by atoms with E-state index in [1.807, 2.05) is 16.7 Å². The quantitative estimate of drug-likeness (QED) is 0.844. The molecule has 7 heteroatoms. The van der Waals surface area contributed by atoms with Gasteiger partial charge in [-0.1, -0.05) is 19.0 Å². The van der Waals surface area contributed by atoms with E-state index in [0.717, 1.165) is 18.5 Å². The van der Waals surface area contributed by atoms with Crippen LogP contribution in [0, 0.1) is 12.3 Å². The zero-order valence-corrected chi connectivity index (χ0v) is 14.6. The van der Waals surface area contributed by atoms with Crippen LogP contribution in [0.3, 0.4) is 0 Å². The summed E-state index contributed by atoms with van der Waals surface area (Å²) in [6.45, 7) is 8.52. The fraction of sp³-hybridized carbons (Fsp3) is 0.706. The molecule has 0 aromatic carbocycles. The molecule has 0 unspecified atom stereocenters. The summed E-state index contributed by atoms with van der Waals surface area (Å²) in [4.78, 5) is 28.1. The van der Waals surface area contributed by atoms with Gasteiger partial charge in [0.2, 0.25) is 5.91 Å². The third kappa shape index (κ3) is 3.71. The predicted octanol–water partition coefficient (Wildman–Crippen LogP) is 1.99. The number of carbonyl (C=O) groups excluding carboxylic acids is 2. The molecule has 1 aromatic heterocycles. The van der Waals surface area contributed by atoms with Gasteiger partial charge in [-0.3, -0.25) is 4.79 Å². The highest BCUT2D eigenvalue weighted by Crippen LogP contribution is 2.28. The lowest BCUT2D eigenvalue weighted by atomic mass is 9.91. The Bertz CT molecular complexity index is 617. The van der Waals surface area contributed by atoms with Crippen molar-refractivity contribution in [3.63, 3.8) is 0 Å². The molecular weight excluding hydrogens is 310 g/mol. The van der Waals surface area contributed by atoms with Gasteiger partial charge in [0, 0.05) is 37.2 Å². The fourth-order valence-corrected chi connectivity index (χ4v) is 3.38. The fourth-order valence-electron chi connectivity index (χ4n) is 3.38. The lowest BCUT2D eigenvalue weighted by Gasteiger charge is -2.44. The van der Waals surface area contributed by atoms with E-state index in [0.29, 0.717) is 32.0 Å². The van der Waals surface area contributed by atoms with Crippen molar-refractivity contribution < 1.29 is 18.8 Å². The average Bonchev–Trinajstić information content (AvgIpc) is 2.95. The number of hydrogen-bond donors (Lipinski definition) is 0. The molecule has 0 bridgehead atoms. The number of amides is 2. The van der Waals surface area contributed by atoms with E-state index in [-0.39, 0.29) is 29.9 Å². The van der Waals surface area contributed by atoms with E-state index in [4.69, 9.17) is 9.26 Å². The van der Waals surface area contributed by atoms with E-state index in [1.54, 1.807) is 6.07 Å². The van der Waals surface area contributed by atoms with Gasteiger partial charge in [-0.15, -0.1) is 0 Å². The van der Waals surface area contributed by atoms with Gasteiger partial charge in [0.25, 0.3) is 0 Å². The van der Waals surface area contributed by atoms with Gasteiger partial charge in [-0.05, 0) is 19.8 Å². The third-order valence-electron chi connectivity index (χ3n) is 4.68. The van der Waals surface area contributed by atoms with Gasteiger partial charge < -0.3 is 19.1 Å². The van der Waals surface area contributed by atoms with Crippen molar-refractivity contribution >= 4 is 12.0 Å². The summed E-state index contributed by atoms with van der Waals surface area (Å²) in [5.41, 5.74) is 0.758. The molecule has 0 aliphatic carbocycles. The van der Waals surface area contributed by atoms with Gasteiger partial charge in [0.1, 0.15) is 5.76 Å². The van der Waals surface area contributed by atoms with Crippen LogP contribution in [0.1, 0.15) is 38.1 Å². The second-order valence-corrected chi connectivity index (χ2v) is 7.57. The maximum absolute atomic E-state index is 12.4. The first-order valence-electron chi connectivity index (χ1n) is 8.47. The minimum Gasteiger partial charge on any atom is -0.449 e. The summed E-state index contributed by atoms with van der Waals surface area (Å²) in [7, 11) is 0. The SMILES string of the molecule is Cc1cc(CC(=O)N2CCC(N3CC(C)(C)COC3=O)CC2)on1. The van der Waals surface area contributed by atoms with Gasteiger partial charge >= 0.3 is 6.09 Å². The normalized spacial score (nSPS) is 21.7. The number of aryl methyl sites for hydroxylation is 1. The summed E-state index contributed by atoms with van der Waals surface area (Å²) in [6.07, 6.45) is 1.58. The molecule has 0 N–H and O–H groups in total. The van der Waals surface area contributed by atoms with Crippen LogP contribution in [0.15, 0.2) is 10.6 Å². The van der Waals surface area contributed by atoms with Crippen molar-refractivity contribution in [2.45, 2.75) is 46.1 Å². The maximum atomic E-state index is 12.4. The lowest BCUT2D eigenvalue weighted by molar-refractivity contribution is -0.132. The Balaban J connectivity index is 1.53. The van der Waals surface area contributed by atoms with E-state index in [9.17, 15) is 9.59 Å². The van der Waals surface area contributed by atoms with Crippen LogP contribution < -0.4 is 0 Å². The van der Waals surface area contributed by atoms with Crippen molar-refractivity contribution in [2.24, 2.45) is 5.41 Å². The van der Waals surface area contributed by atoms with Crippen LogP contribution >= 0.6 is 0 Å². The lowest BCUT2D eigenvalue weighted by Crippen LogP contribution is -2.55. The van der Waals surface area contributed by atoms with E-state index >= 15 is 0 Å². The number of hydrogen-bond acceptors (Lipinski definition) is 5. The first kappa shape index (κ1) is 16.8. The topological polar surface area (TPSA) is 75.9 Å². The Morgan fingerprint density at radius 3 is 2.71 bits per heavy atom. The Hall–Kier alpha value is -2.05. The molecule has 0 atom stereocenters. The van der Waals surface area contributed by atoms with Crippen LogP contribution in [-0.4, -0.2) is 59.2 Å². The molecule has 1 aromatic rings. The molecule has 24 heavy (non-hydrogen) atoms. The van der Waals surface area contributed by atoms with E-state index in [2.05, 4.69) is 19.0 Å². The van der Waals surface area contributed by atoms with Gasteiger partial charge in [0.05, 0.1) is 18.7 Å². The molecular formula is C17H25N3O4. The molecule has 2 amide bonds. The van der Waals surface area contributed by atoms with Crippen molar-refractivity contribution in [3.05, 3.63) is 17.5 Å². The number of ether oxygens (including phenoxy) is 1. The Morgan fingerprint density at radius 1 is 1.38 bits per heavy atom.